The van der Waals surface area contributed by atoms with Gasteiger partial charge in [0.25, 0.3) is 0 Å². The van der Waals surface area contributed by atoms with E-state index >= 15 is 0 Å². The Morgan fingerprint density at radius 1 is 1.47 bits per heavy atom. The van der Waals surface area contributed by atoms with Crippen LogP contribution in [0.5, 0.6) is 0 Å². The molecule has 3 nitrogen and oxygen atoms in total. The number of nitrogens with two attached hydrogens (primary N) is 1. The number of rotatable bonds is 6. The van der Waals surface area contributed by atoms with Gasteiger partial charge in [0, 0.05) is 12.1 Å². The Morgan fingerprint density at radius 3 is 2.59 bits per heavy atom. The van der Waals surface area contributed by atoms with Gasteiger partial charge in [-0.1, -0.05) is 31.4 Å². The summed E-state index contributed by atoms with van der Waals surface area (Å²) < 4.78 is 0. The minimum atomic E-state index is -0.406. The predicted octanol–water partition coefficient (Wildman–Crippen LogP) is 1.68. The molecule has 3 N–H and O–H groups in total. The topological polar surface area (TPSA) is 55.1 Å². The molecule has 0 spiro atoms. The Balaban J connectivity index is 2.52. The lowest BCUT2D eigenvalue weighted by Gasteiger charge is -2.11. The van der Waals surface area contributed by atoms with E-state index in [-0.39, 0.29) is 6.04 Å². The van der Waals surface area contributed by atoms with Gasteiger partial charge in [-0.3, -0.25) is 10.1 Å². The van der Waals surface area contributed by atoms with Gasteiger partial charge in [-0.2, -0.15) is 0 Å². The van der Waals surface area contributed by atoms with Crippen LogP contribution < -0.4 is 11.1 Å². The molecule has 0 saturated carbocycles. The van der Waals surface area contributed by atoms with E-state index in [0.717, 1.165) is 18.4 Å². The lowest BCUT2D eigenvalue weighted by Crippen LogP contribution is -2.26. The van der Waals surface area contributed by atoms with E-state index in [1.165, 1.54) is 0 Å². The molecule has 0 bridgehead atoms. The lowest BCUT2D eigenvalue weighted by molar-refractivity contribution is 0.100. The number of carbonyl (C=O) groups excluding carboxylic acids is 1. The summed E-state index contributed by atoms with van der Waals surface area (Å²) in [7, 11) is 0. The van der Waals surface area contributed by atoms with Crippen LogP contribution in [-0.4, -0.2) is 11.9 Å². The van der Waals surface area contributed by atoms with Crippen molar-refractivity contribution in [1.29, 1.82) is 0 Å². The predicted molar refractivity (Wildman–Crippen MR) is 69.3 cm³/mol. The molecule has 1 rings (SSSR count). The monoisotopic (exact) mass is 230 g/mol. The highest BCUT2D eigenvalue weighted by molar-refractivity contribution is 5.92. The number of carbonyl (C=O) groups is 1. The standard InChI is InChI=1S/C14H18N2O/c1-3-5-13(4-2)16-10-11-6-8-12(9-7-11)14(15)17/h2,6-9,13,16H,3,5,10H2,1H3,(H2,15,17). The molecule has 0 aromatic heterocycles. The number of nitrogens with one attached hydrogen (secondary N) is 1. The van der Waals surface area contributed by atoms with E-state index < -0.39 is 5.91 Å². The summed E-state index contributed by atoms with van der Waals surface area (Å²) >= 11 is 0. The first-order valence-electron chi connectivity index (χ1n) is 5.75. The summed E-state index contributed by atoms with van der Waals surface area (Å²) in [6.45, 7) is 2.81. The average molecular weight is 230 g/mol. The van der Waals surface area contributed by atoms with Crippen molar-refractivity contribution in [2.45, 2.75) is 32.4 Å². The number of hydrogen-bond acceptors (Lipinski definition) is 2. The van der Waals surface area contributed by atoms with E-state index in [1.807, 2.05) is 12.1 Å². The Kier molecular flexibility index (Phi) is 5.25. The van der Waals surface area contributed by atoms with Crippen LogP contribution in [0.3, 0.4) is 0 Å². The molecule has 0 aliphatic carbocycles. The van der Waals surface area contributed by atoms with E-state index in [2.05, 4.69) is 18.2 Å². The van der Waals surface area contributed by atoms with Crippen molar-refractivity contribution in [1.82, 2.24) is 5.32 Å². The van der Waals surface area contributed by atoms with Gasteiger partial charge in [-0.05, 0) is 24.1 Å². The fourth-order valence-electron chi connectivity index (χ4n) is 1.56. The van der Waals surface area contributed by atoms with Gasteiger partial charge in [-0.25, -0.2) is 0 Å². The maximum absolute atomic E-state index is 10.9. The summed E-state index contributed by atoms with van der Waals surface area (Å²) in [6, 6.07) is 7.32. The Hall–Kier alpha value is -1.79. The van der Waals surface area contributed by atoms with Gasteiger partial charge in [0.2, 0.25) is 5.91 Å². The molecule has 0 heterocycles. The molecule has 17 heavy (non-hydrogen) atoms. The number of amides is 1. The van der Waals surface area contributed by atoms with Crippen LogP contribution in [0, 0.1) is 12.3 Å². The SMILES string of the molecule is C#CC(CCC)NCc1ccc(C(N)=O)cc1. The molecule has 1 aromatic carbocycles. The molecule has 1 unspecified atom stereocenters. The quantitative estimate of drug-likeness (QED) is 0.730. The summed E-state index contributed by atoms with van der Waals surface area (Å²) in [5.74, 6) is 2.31. The van der Waals surface area contributed by atoms with Gasteiger partial charge in [0.1, 0.15) is 0 Å². The summed E-state index contributed by atoms with van der Waals surface area (Å²) in [5.41, 5.74) is 6.78. The third-order valence-corrected chi connectivity index (χ3v) is 2.57. The number of benzene rings is 1. The van der Waals surface area contributed by atoms with Crippen LogP contribution in [0.1, 0.15) is 35.7 Å². The molecule has 3 heteroatoms. The molecule has 0 radical (unpaired) electrons. The molecular formula is C14H18N2O. The van der Waals surface area contributed by atoms with Crippen molar-refractivity contribution in [2.24, 2.45) is 5.73 Å². The molecule has 1 amide bonds. The van der Waals surface area contributed by atoms with Crippen molar-refractivity contribution in [3.05, 3.63) is 35.4 Å². The average Bonchev–Trinajstić information content (AvgIpc) is 2.35. The van der Waals surface area contributed by atoms with Crippen molar-refractivity contribution < 1.29 is 4.79 Å². The molecule has 90 valence electrons. The molecule has 0 aliphatic heterocycles. The van der Waals surface area contributed by atoms with Crippen molar-refractivity contribution in [3.8, 4) is 12.3 Å². The molecule has 1 aromatic rings. The van der Waals surface area contributed by atoms with Crippen LogP contribution in [0.25, 0.3) is 0 Å². The van der Waals surface area contributed by atoms with Crippen LogP contribution >= 0.6 is 0 Å². The molecular weight excluding hydrogens is 212 g/mol. The van der Waals surface area contributed by atoms with Crippen molar-refractivity contribution in [2.75, 3.05) is 0 Å². The highest BCUT2D eigenvalue weighted by Gasteiger charge is 2.03. The van der Waals surface area contributed by atoms with Crippen molar-refractivity contribution in [3.63, 3.8) is 0 Å². The number of terminal acetylenes is 1. The highest BCUT2D eigenvalue weighted by Crippen LogP contribution is 2.04. The second-order valence-electron chi connectivity index (χ2n) is 3.95. The number of hydrogen-bond donors (Lipinski definition) is 2. The van der Waals surface area contributed by atoms with E-state index in [4.69, 9.17) is 12.2 Å². The summed E-state index contributed by atoms with van der Waals surface area (Å²) in [6.07, 6.45) is 7.44. The fourth-order valence-corrected chi connectivity index (χ4v) is 1.56. The zero-order chi connectivity index (χ0) is 12.7. The first kappa shape index (κ1) is 13.3. The van der Waals surface area contributed by atoms with Crippen LogP contribution in [0.15, 0.2) is 24.3 Å². The van der Waals surface area contributed by atoms with Crippen LogP contribution in [-0.2, 0) is 6.54 Å². The van der Waals surface area contributed by atoms with E-state index in [1.54, 1.807) is 12.1 Å². The third kappa shape index (κ3) is 4.29. The molecule has 0 saturated heterocycles. The smallest absolute Gasteiger partial charge is 0.248 e. The minimum absolute atomic E-state index is 0.107. The zero-order valence-corrected chi connectivity index (χ0v) is 10.1. The maximum atomic E-state index is 10.9. The van der Waals surface area contributed by atoms with Gasteiger partial charge < -0.3 is 5.73 Å². The molecule has 0 fully saturated rings. The first-order chi connectivity index (χ1) is 8.17. The van der Waals surface area contributed by atoms with Crippen molar-refractivity contribution >= 4 is 5.91 Å². The normalized spacial score (nSPS) is 11.8. The third-order valence-electron chi connectivity index (χ3n) is 2.57. The van der Waals surface area contributed by atoms with Gasteiger partial charge in [-0.15, -0.1) is 6.42 Å². The molecule has 1 atom stereocenters. The highest BCUT2D eigenvalue weighted by atomic mass is 16.1. The molecule has 0 aliphatic rings. The second-order valence-corrected chi connectivity index (χ2v) is 3.95. The Morgan fingerprint density at radius 2 is 2.12 bits per heavy atom. The van der Waals surface area contributed by atoms with Gasteiger partial charge >= 0.3 is 0 Å². The van der Waals surface area contributed by atoms with E-state index in [9.17, 15) is 4.79 Å². The Bertz CT molecular complexity index is 403. The lowest BCUT2D eigenvalue weighted by atomic mass is 10.1. The van der Waals surface area contributed by atoms with Gasteiger partial charge in [0.05, 0.1) is 6.04 Å². The number of primary amides is 1. The summed E-state index contributed by atoms with van der Waals surface area (Å²) in [4.78, 5) is 10.9. The maximum Gasteiger partial charge on any atom is 0.248 e. The second kappa shape index (κ2) is 6.72. The van der Waals surface area contributed by atoms with E-state index in [0.29, 0.717) is 12.1 Å². The largest absolute Gasteiger partial charge is 0.366 e. The van der Waals surface area contributed by atoms with Gasteiger partial charge in [0.15, 0.2) is 0 Å². The minimum Gasteiger partial charge on any atom is -0.366 e. The van der Waals surface area contributed by atoms with Crippen LogP contribution in [0.4, 0.5) is 0 Å². The Labute approximate surface area is 102 Å². The fraction of sp³-hybridized carbons (Fsp3) is 0.357. The zero-order valence-electron chi connectivity index (χ0n) is 10.1. The van der Waals surface area contributed by atoms with Crippen LogP contribution in [0.2, 0.25) is 0 Å². The summed E-state index contributed by atoms with van der Waals surface area (Å²) in [5, 5.41) is 3.28. The first-order valence-corrected chi connectivity index (χ1v) is 5.75.